The van der Waals surface area contributed by atoms with E-state index in [1.165, 1.54) is 21.5 Å². The molecule has 2 heterocycles. The lowest BCUT2D eigenvalue weighted by atomic mass is 10.2. The van der Waals surface area contributed by atoms with Crippen molar-refractivity contribution in [3.8, 4) is 5.69 Å². The monoisotopic (exact) mass is 402 g/mol. The minimum absolute atomic E-state index is 0.0815. The first-order valence-corrected chi connectivity index (χ1v) is 8.85. The Morgan fingerprint density at radius 2 is 1.93 bits per heavy atom. The molecule has 0 saturated carbocycles. The highest BCUT2D eigenvalue weighted by Gasteiger charge is 2.17. The average Bonchev–Trinajstić information content (AvgIpc) is 3.08. The molecule has 0 aliphatic carbocycles. The van der Waals surface area contributed by atoms with Crippen LogP contribution in [0.3, 0.4) is 0 Å². The van der Waals surface area contributed by atoms with E-state index in [-0.39, 0.29) is 17.1 Å². The molecule has 4 aromatic rings. The number of rotatable bonds is 3. The molecule has 0 bridgehead atoms. The Kier molecular flexibility index (Phi) is 4.45. The van der Waals surface area contributed by atoms with E-state index in [1.54, 1.807) is 43.5 Å². The van der Waals surface area contributed by atoms with E-state index in [1.807, 2.05) is 0 Å². The fraction of sp³-hybridized carbons (Fsp3) is 0.105. The van der Waals surface area contributed by atoms with Crippen molar-refractivity contribution in [2.24, 2.45) is 0 Å². The van der Waals surface area contributed by atoms with Crippen molar-refractivity contribution in [1.82, 2.24) is 19.6 Å². The van der Waals surface area contributed by atoms with Gasteiger partial charge in [0.05, 0.1) is 24.1 Å². The second-order valence-electron chi connectivity index (χ2n) is 6.05. The van der Waals surface area contributed by atoms with Gasteiger partial charge >= 0.3 is 0 Å². The number of hydrogen-bond acceptors (Lipinski definition) is 3. The summed E-state index contributed by atoms with van der Waals surface area (Å²) in [4.78, 5) is 13.1. The van der Waals surface area contributed by atoms with Crippen molar-refractivity contribution < 1.29 is 4.39 Å². The molecule has 8 heteroatoms. The standard InChI is InChI=1S/C19H13Cl2FN4O/c1-11-14-9-23-26(13-5-2-4-12(20)8-13)18(14)19(27)25(24-11)10-15-16(21)6-3-7-17(15)22/h2-9H,10H2,1H3. The summed E-state index contributed by atoms with van der Waals surface area (Å²) >= 11 is 12.2. The van der Waals surface area contributed by atoms with Gasteiger partial charge in [-0.2, -0.15) is 10.2 Å². The van der Waals surface area contributed by atoms with Crippen molar-refractivity contribution >= 4 is 34.1 Å². The molecule has 2 aromatic heterocycles. The first-order chi connectivity index (χ1) is 13.0. The summed E-state index contributed by atoms with van der Waals surface area (Å²) in [7, 11) is 0. The van der Waals surface area contributed by atoms with Crippen molar-refractivity contribution in [2.75, 3.05) is 0 Å². The van der Waals surface area contributed by atoms with Gasteiger partial charge in [-0.15, -0.1) is 0 Å². The van der Waals surface area contributed by atoms with Crippen LogP contribution in [0.4, 0.5) is 4.39 Å². The summed E-state index contributed by atoms with van der Waals surface area (Å²) in [6.45, 7) is 1.69. The van der Waals surface area contributed by atoms with Gasteiger partial charge in [0.25, 0.3) is 5.56 Å². The maximum absolute atomic E-state index is 14.2. The van der Waals surface area contributed by atoms with Gasteiger partial charge in [0.15, 0.2) is 0 Å². The lowest BCUT2D eigenvalue weighted by Gasteiger charge is -2.10. The molecule has 0 N–H and O–H groups in total. The average molecular weight is 403 g/mol. The van der Waals surface area contributed by atoms with Crippen molar-refractivity contribution in [1.29, 1.82) is 0 Å². The Morgan fingerprint density at radius 1 is 1.15 bits per heavy atom. The van der Waals surface area contributed by atoms with Gasteiger partial charge in [-0.25, -0.2) is 13.8 Å². The fourth-order valence-corrected chi connectivity index (χ4v) is 3.37. The highest BCUT2D eigenvalue weighted by Crippen LogP contribution is 2.22. The van der Waals surface area contributed by atoms with Crippen LogP contribution >= 0.6 is 23.2 Å². The Labute approximate surface area is 163 Å². The summed E-state index contributed by atoms with van der Waals surface area (Å²) in [5.41, 5.74) is 1.41. The van der Waals surface area contributed by atoms with E-state index in [9.17, 15) is 9.18 Å². The number of aromatic nitrogens is 4. The zero-order valence-corrected chi connectivity index (χ0v) is 15.7. The van der Waals surface area contributed by atoms with Crippen LogP contribution in [0.15, 0.2) is 53.5 Å². The largest absolute Gasteiger partial charge is 0.293 e. The van der Waals surface area contributed by atoms with Crippen LogP contribution in [0, 0.1) is 12.7 Å². The van der Waals surface area contributed by atoms with Crippen molar-refractivity contribution in [2.45, 2.75) is 13.5 Å². The number of aryl methyl sites for hydroxylation is 1. The summed E-state index contributed by atoms with van der Waals surface area (Å²) in [5.74, 6) is -0.489. The smallest absolute Gasteiger partial charge is 0.265 e. The van der Waals surface area contributed by atoms with E-state index >= 15 is 0 Å². The van der Waals surface area contributed by atoms with Gasteiger partial charge in [0.2, 0.25) is 0 Å². The molecule has 0 atom stereocenters. The Balaban J connectivity index is 1.93. The molecule has 2 aromatic carbocycles. The van der Waals surface area contributed by atoms with Crippen LogP contribution in [0.1, 0.15) is 11.3 Å². The lowest BCUT2D eigenvalue weighted by molar-refractivity contribution is 0.571. The topological polar surface area (TPSA) is 52.7 Å². The maximum Gasteiger partial charge on any atom is 0.293 e. The van der Waals surface area contributed by atoms with Gasteiger partial charge in [-0.3, -0.25) is 4.79 Å². The van der Waals surface area contributed by atoms with E-state index in [2.05, 4.69) is 10.2 Å². The molecular weight excluding hydrogens is 390 g/mol. The van der Waals surface area contributed by atoms with Crippen molar-refractivity contribution in [3.63, 3.8) is 0 Å². The molecule has 0 unspecified atom stereocenters. The number of hydrogen-bond donors (Lipinski definition) is 0. The third-order valence-electron chi connectivity index (χ3n) is 4.29. The molecule has 0 aliphatic rings. The Bertz CT molecular complexity index is 1210. The number of fused-ring (bicyclic) bond motifs is 1. The Hall–Kier alpha value is -2.70. The number of benzene rings is 2. The predicted octanol–water partition coefficient (Wildman–Crippen LogP) is 4.38. The van der Waals surface area contributed by atoms with Crippen LogP contribution in [0.2, 0.25) is 10.0 Å². The van der Waals surface area contributed by atoms with Gasteiger partial charge in [-0.05, 0) is 37.3 Å². The molecule has 0 saturated heterocycles. The van der Waals surface area contributed by atoms with E-state index in [0.717, 1.165) is 0 Å². The molecule has 0 amide bonds. The first-order valence-electron chi connectivity index (χ1n) is 8.10. The van der Waals surface area contributed by atoms with Crippen molar-refractivity contribution in [3.05, 3.63) is 86.1 Å². The second kappa shape index (κ2) is 6.79. The van der Waals surface area contributed by atoms with Gasteiger partial charge < -0.3 is 0 Å². The lowest BCUT2D eigenvalue weighted by Crippen LogP contribution is -2.26. The quantitative estimate of drug-likeness (QED) is 0.510. The molecule has 27 heavy (non-hydrogen) atoms. The molecule has 0 aliphatic heterocycles. The SMILES string of the molecule is Cc1nn(Cc2c(F)cccc2Cl)c(=O)c2c1cnn2-c1cccc(Cl)c1. The first kappa shape index (κ1) is 17.7. The summed E-state index contributed by atoms with van der Waals surface area (Å²) in [6.07, 6.45) is 1.58. The summed E-state index contributed by atoms with van der Waals surface area (Å²) in [6, 6.07) is 11.4. The van der Waals surface area contributed by atoms with E-state index in [4.69, 9.17) is 23.2 Å². The normalized spacial score (nSPS) is 11.3. The van der Waals surface area contributed by atoms with Gasteiger partial charge in [-0.1, -0.05) is 35.3 Å². The van der Waals surface area contributed by atoms with Crippen LogP contribution in [0.5, 0.6) is 0 Å². The molecule has 136 valence electrons. The molecular formula is C19H13Cl2FN4O. The molecule has 0 radical (unpaired) electrons. The molecule has 4 rings (SSSR count). The third-order valence-corrected chi connectivity index (χ3v) is 4.88. The van der Waals surface area contributed by atoms with Gasteiger partial charge in [0.1, 0.15) is 11.3 Å². The molecule has 0 spiro atoms. The predicted molar refractivity (Wildman–Crippen MR) is 103 cm³/mol. The van der Waals surface area contributed by atoms with Crippen LogP contribution in [-0.4, -0.2) is 19.6 Å². The minimum atomic E-state index is -0.489. The molecule has 5 nitrogen and oxygen atoms in total. The third kappa shape index (κ3) is 3.11. The summed E-state index contributed by atoms with van der Waals surface area (Å²) in [5, 5.41) is 10.0. The van der Waals surface area contributed by atoms with E-state index in [0.29, 0.717) is 27.3 Å². The van der Waals surface area contributed by atoms with E-state index < -0.39 is 11.4 Å². The highest BCUT2D eigenvalue weighted by molar-refractivity contribution is 6.31. The maximum atomic E-state index is 14.2. The van der Waals surface area contributed by atoms with Crippen LogP contribution < -0.4 is 5.56 Å². The number of nitrogens with zero attached hydrogens (tertiary/aromatic N) is 4. The fourth-order valence-electron chi connectivity index (χ4n) is 2.97. The van der Waals surface area contributed by atoms with Crippen LogP contribution in [0.25, 0.3) is 16.6 Å². The van der Waals surface area contributed by atoms with Crippen LogP contribution in [-0.2, 0) is 6.54 Å². The molecule has 0 fully saturated rings. The highest BCUT2D eigenvalue weighted by atomic mass is 35.5. The zero-order chi connectivity index (χ0) is 19.1. The minimum Gasteiger partial charge on any atom is -0.265 e. The summed E-state index contributed by atoms with van der Waals surface area (Å²) < 4.78 is 16.9. The Morgan fingerprint density at radius 3 is 2.67 bits per heavy atom. The van der Waals surface area contributed by atoms with Gasteiger partial charge in [0, 0.05) is 21.0 Å². The second-order valence-corrected chi connectivity index (χ2v) is 6.89. The zero-order valence-electron chi connectivity index (χ0n) is 14.2. The number of halogens is 3.